The minimum Gasteiger partial charge on any atom is -0.497 e. The predicted molar refractivity (Wildman–Crippen MR) is 113 cm³/mol. The molecule has 0 aliphatic heterocycles. The van der Waals surface area contributed by atoms with Gasteiger partial charge in [-0.3, -0.25) is 4.79 Å². The van der Waals surface area contributed by atoms with E-state index in [1.54, 1.807) is 18.0 Å². The molecule has 3 N–H and O–H groups in total. The molecule has 1 aliphatic rings. The van der Waals surface area contributed by atoms with Crippen molar-refractivity contribution in [3.05, 3.63) is 65.9 Å². The van der Waals surface area contributed by atoms with Crippen LogP contribution < -0.4 is 15.8 Å². The van der Waals surface area contributed by atoms with Crippen LogP contribution in [0.3, 0.4) is 0 Å². The van der Waals surface area contributed by atoms with Gasteiger partial charge < -0.3 is 15.8 Å². The SMILES string of the molecule is COc1cccc(-c2nn(-c3ccc(C)cc3)cc2C(=O)NC(CN)C2CC2)c1. The Morgan fingerprint density at radius 2 is 2.03 bits per heavy atom. The first kappa shape index (κ1) is 19.2. The number of carbonyl (C=O) groups excluding carboxylic acids is 1. The molecule has 1 atom stereocenters. The molecule has 1 heterocycles. The van der Waals surface area contributed by atoms with Crippen molar-refractivity contribution < 1.29 is 9.53 Å². The maximum absolute atomic E-state index is 13.1. The van der Waals surface area contributed by atoms with Gasteiger partial charge in [-0.2, -0.15) is 5.10 Å². The van der Waals surface area contributed by atoms with Crippen molar-refractivity contribution >= 4 is 5.91 Å². The largest absolute Gasteiger partial charge is 0.497 e. The number of nitrogens with two attached hydrogens (primary N) is 1. The van der Waals surface area contributed by atoms with E-state index < -0.39 is 0 Å². The number of aromatic nitrogens is 2. The molecule has 1 saturated carbocycles. The van der Waals surface area contributed by atoms with Crippen LogP contribution in [0.2, 0.25) is 0 Å². The van der Waals surface area contributed by atoms with Gasteiger partial charge in [-0.1, -0.05) is 29.8 Å². The van der Waals surface area contributed by atoms with E-state index in [-0.39, 0.29) is 11.9 Å². The number of carbonyl (C=O) groups is 1. The lowest BCUT2D eigenvalue weighted by atomic mass is 10.1. The van der Waals surface area contributed by atoms with Crippen LogP contribution in [-0.4, -0.2) is 35.4 Å². The Labute approximate surface area is 170 Å². The zero-order valence-corrected chi connectivity index (χ0v) is 16.8. The van der Waals surface area contributed by atoms with E-state index in [1.807, 2.05) is 55.5 Å². The highest BCUT2D eigenvalue weighted by Gasteiger charge is 2.32. The van der Waals surface area contributed by atoms with E-state index in [2.05, 4.69) is 5.32 Å². The van der Waals surface area contributed by atoms with Crippen LogP contribution in [0.5, 0.6) is 5.75 Å². The summed E-state index contributed by atoms with van der Waals surface area (Å²) in [4.78, 5) is 13.1. The minimum atomic E-state index is -0.150. The molecule has 2 aromatic carbocycles. The second-order valence-corrected chi connectivity index (χ2v) is 7.56. The summed E-state index contributed by atoms with van der Waals surface area (Å²) in [5.41, 5.74) is 9.93. The Morgan fingerprint density at radius 1 is 1.28 bits per heavy atom. The number of ether oxygens (including phenoxy) is 1. The average molecular weight is 390 g/mol. The quantitative estimate of drug-likeness (QED) is 0.648. The summed E-state index contributed by atoms with van der Waals surface area (Å²) in [6.45, 7) is 2.48. The fraction of sp³-hybridized carbons (Fsp3) is 0.304. The summed E-state index contributed by atoms with van der Waals surface area (Å²) >= 11 is 0. The molecular weight excluding hydrogens is 364 g/mol. The lowest BCUT2D eigenvalue weighted by Gasteiger charge is -2.15. The van der Waals surface area contributed by atoms with Gasteiger partial charge in [-0.05, 0) is 49.9 Å². The molecule has 0 saturated heterocycles. The van der Waals surface area contributed by atoms with Gasteiger partial charge in [-0.15, -0.1) is 0 Å². The normalized spacial score (nSPS) is 14.4. The highest BCUT2D eigenvalue weighted by Crippen LogP contribution is 2.33. The fourth-order valence-electron chi connectivity index (χ4n) is 3.47. The Kier molecular flexibility index (Phi) is 5.36. The molecule has 1 unspecified atom stereocenters. The molecule has 4 rings (SSSR count). The molecule has 0 bridgehead atoms. The third kappa shape index (κ3) is 4.17. The van der Waals surface area contributed by atoms with Gasteiger partial charge in [0.25, 0.3) is 5.91 Å². The van der Waals surface area contributed by atoms with Gasteiger partial charge in [-0.25, -0.2) is 4.68 Å². The molecule has 0 spiro atoms. The van der Waals surface area contributed by atoms with Gasteiger partial charge in [0.15, 0.2) is 0 Å². The van der Waals surface area contributed by atoms with Gasteiger partial charge in [0, 0.05) is 24.3 Å². The summed E-state index contributed by atoms with van der Waals surface area (Å²) in [5.74, 6) is 1.05. The van der Waals surface area contributed by atoms with Crippen LogP contribution in [0.25, 0.3) is 16.9 Å². The molecule has 150 valence electrons. The number of rotatable bonds is 7. The molecule has 3 aromatic rings. The number of nitrogens with one attached hydrogen (secondary N) is 1. The zero-order valence-electron chi connectivity index (χ0n) is 16.8. The topological polar surface area (TPSA) is 82.2 Å². The number of hydrogen-bond donors (Lipinski definition) is 2. The third-order valence-corrected chi connectivity index (χ3v) is 5.36. The van der Waals surface area contributed by atoms with Crippen molar-refractivity contribution in [2.24, 2.45) is 11.7 Å². The molecule has 29 heavy (non-hydrogen) atoms. The van der Waals surface area contributed by atoms with Crippen LogP contribution in [0.15, 0.2) is 54.7 Å². The van der Waals surface area contributed by atoms with Gasteiger partial charge in [0.2, 0.25) is 0 Å². The van der Waals surface area contributed by atoms with Crippen molar-refractivity contribution in [1.82, 2.24) is 15.1 Å². The molecule has 1 amide bonds. The van der Waals surface area contributed by atoms with E-state index in [9.17, 15) is 4.79 Å². The molecule has 6 heteroatoms. The number of methoxy groups -OCH3 is 1. The lowest BCUT2D eigenvalue weighted by Crippen LogP contribution is -2.41. The van der Waals surface area contributed by atoms with Gasteiger partial charge in [0.1, 0.15) is 11.4 Å². The van der Waals surface area contributed by atoms with Crippen molar-refractivity contribution in [2.45, 2.75) is 25.8 Å². The highest BCUT2D eigenvalue weighted by molar-refractivity contribution is 6.00. The van der Waals surface area contributed by atoms with Crippen LogP contribution in [0, 0.1) is 12.8 Å². The Balaban J connectivity index is 1.74. The summed E-state index contributed by atoms with van der Waals surface area (Å²) in [7, 11) is 1.62. The lowest BCUT2D eigenvalue weighted by molar-refractivity contribution is 0.0934. The second-order valence-electron chi connectivity index (χ2n) is 7.56. The number of nitrogens with zero attached hydrogens (tertiary/aromatic N) is 2. The van der Waals surface area contributed by atoms with Crippen molar-refractivity contribution in [1.29, 1.82) is 0 Å². The maximum atomic E-state index is 13.1. The Bertz CT molecular complexity index is 1010. The van der Waals surface area contributed by atoms with E-state index >= 15 is 0 Å². The summed E-state index contributed by atoms with van der Waals surface area (Å²) in [5, 5.41) is 7.85. The highest BCUT2D eigenvalue weighted by atomic mass is 16.5. The first-order valence-electron chi connectivity index (χ1n) is 9.91. The van der Waals surface area contributed by atoms with E-state index in [0.29, 0.717) is 23.7 Å². The third-order valence-electron chi connectivity index (χ3n) is 5.36. The average Bonchev–Trinajstić information content (AvgIpc) is 3.50. The monoisotopic (exact) mass is 390 g/mol. The molecular formula is C23H26N4O2. The summed E-state index contributed by atoms with van der Waals surface area (Å²) in [6.07, 6.45) is 4.02. The van der Waals surface area contributed by atoms with Gasteiger partial charge >= 0.3 is 0 Å². The first-order chi connectivity index (χ1) is 14.1. The second kappa shape index (κ2) is 8.09. The standard InChI is InChI=1S/C23H26N4O2/c1-15-6-10-18(11-7-15)27-14-20(23(28)25-21(13-24)16-8-9-16)22(26-27)17-4-3-5-19(12-17)29-2/h3-7,10-12,14,16,21H,8-9,13,24H2,1-2H3,(H,25,28). The number of amides is 1. The number of aryl methyl sites for hydroxylation is 1. The smallest absolute Gasteiger partial charge is 0.255 e. The van der Waals surface area contributed by atoms with E-state index in [4.69, 9.17) is 15.6 Å². The van der Waals surface area contributed by atoms with Crippen LogP contribution in [0.4, 0.5) is 0 Å². The summed E-state index contributed by atoms with van der Waals surface area (Å²) < 4.78 is 7.10. The number of benzene rings is 2. The molecule has 0 radical (unpaired) electrons. The fourth-order valence-corrected chi connectivity index (χ4v) is 3.47. The van der Waals surface area contributed by atoms with E-state index in [1.165, 1.54) is 5.56 Å². The van der Waals surface area contributed by atoms with Crippen LogP contribution in [-0.2, 0) is 0 Å². The zero-order chi connectivity index (χ0) is 20.4. The minimum absolute atomic E-state index is 0.00313. The van der Waals surface area contributed by atoms with Crippen molar-refractivity contribution in [2.75, 3.05) is 13.7 Å². The Morgan fingerprint density at radius 3 is 2.69 bits per heavy atom. The van der Waals surface area contributed by atoms with Crippen molar-refractivity contribution in [3.63, 3.8) is 0 Å². The molecule has 1 aliphatic carbocycles. The molecule has 6 nitrogen and oxygen atoms in total. The summed E-state index contributed by atoms with van der Waals surface area (Å²) in [6, 6.07) is 15.6. The molecule has 1 aromatic heterocycles. The predicted octanol–water partition coefficient (Wildman–Crippen LogP) is 3.32. The van der Waals surface area contributed by atoms with Crippen molar-refractivity contribution in [3.8, 4) is 22.7 Å². The molecule has 1 fully saturated rings. The van der Waals surface area contributed by atoms with Crippen LogP contribution in [0.1, 0.15) is 28.8 Å². The first-order valence-corrected chi connectivity index (χ1v) is 9.91. The maximum Gasteiger partial charge on any atom is 0.255 e. The van der Waals surface area contributed by atoms with E-state index in [0.717, 1.165) is 29.8 Å². The van der Waals surface area contributed by atoms with Gasteiger partial charge in [0.05, 0.1) is 18.4 Å². The van der Waals surface area contributed by atoms with Crippen LogP contribution >= 0.6 is 0 Å². The number of hydrogen-bond acceptors (Lipinski definition) is 4. The Hall–Kier alpha value is -3.12.